The third-order valence-corrected chi connectivity index (χ3v) is 2.46. The number of carbonyl (C=O) groups excluding carboxylic acids is 4. The van der Waals surface area contributed by atoms with Gasteiger partial charge in [0, 0.05) is 24.9 Å². The van der Waals surface area contributed by atoms with Crippen molar-refractivity contribution in [2.75, 3.05) is 0 Å². The molecule has 3 N–H and O–H groups in total. The number of nitrogens with one attached hydrogen (secondary N) is 3. The Bertz CT molecular complexity index is 637. The summed E-state index contributed by atoms with van der Waals surface area (Å²) in [4.78, 5) is 49.5. The minimum Gasteiger partial charge on any atom is -0.442 e. The second kappa shape index (κ2) is 6.43. The van der Waals surface area contributed by atoms with Crippen LogP contribution >= 0.6 is 0 Å². The van der Waals surface area contributed by atoms with Gasteiger partial charge < -0.3 is 4.74 Å². The van der Waals surface area contributed by atoms with Crippen LogP contribution in [0, 0.1) is 0 Å². The second-order valence-electron chi connectivity index (χ2n) is 4.11. The number of carbonyl (C=O) groups is 4. The molecule has 1 saturated heterocycles. The highest BCUT2D eigenvalue weighted by Crippen LogP contribution is 1.99. The summed E-state index contributed by atoms with van der Waals surface area (Å²) in [7, 11) is 0. The first-order valence-electron chi connectivity index (χ1n) is 6.04. The summed E-state index contributed by atoms with van der Waals surface area (Å²) >= 11 is 0. The number of rotatable bonds is 3. The fourth-order valence-corrected chi connectivity index (χ4v) is 1.52. The zero-order chi connectivity index (χ0) is 16.1. The molecule has 0 aromatic carbocycles. The molecule has 0 aliphatic carbocycles. The molecule has 1 aromatic heterocycles. The van der Waals surface area contributed by atoms with Crippen LogP contribution in [0.4, 0.5) is 0 Å². The van der Waals surface area contributed by atoms with Gasteiger partial charge in [-0.1, -0.05) is 0 Å². The molecule has 2 rings (SSSR count). The Kier molecular flexibility index (Phi) is 4.41. The molecule has 10 nitrogen and oxygen atoms in total. The Morgan fingerprint density at radius 3 is 2.36 bits per heavy atom. The topological polar surface area (TPSA) is 139 Å². The van der Waals surface area contributed by atoms with Crippen molar-refractivity contribution in [2.45, 2.75) is 13.0 Å². The summed E-state index contributed by atoms with van der Waals surface area (Å²) in [6, 6.07) is 2.93. The van der Waals surface area contributed by atoms with Crippen LogP contribution in [0.2, 0.25) is 0 Å². The SMILES string of the molecule is CC(=O)OC1C(=O)NC(=NNC(=O)c2ccncc2)NC1=O. The van der Waals surface area contributed by atoms with E-state index in [0.717, 1.165) is 6.92 Å². The number of hydrogen-bond acceptors (Lipinski definition) is 7. The number of pyridine rings is 1. The lowest BCUT2D eigenvalue weighted by Crippen LogP contribution is -2.61. The van der Waals surface area contributed by atoms with Crippen molar-refractivity contribution >= 4 is 29.7 Å². The van der Waals surface area contributed by atoms with Crippen LogP contribution in [-0.4, -0.2) is 40.7 Å². The fourth-order valence-electron chi connectivity index (χ4n) is 1.52. The Balaban J connectivity index is 2.00. The van der Waals surface area contributed by atoms with Gasteiger partial charge in [-0.05, 0) is 12.1 Å². The zero-order valence-electron chi connectivity index (χ0n) is 11.3. The molecule has 1 fully saturated rings. The van der Waals surface area contributed by atoms with E-state index in [0.29, 0.717) is 5.56 Å². The van der Waals surface area contributed by atoms with Crippen LogP contribution in [0.25, 0.3) is 0 Å². The standard InChI is InChI=1S/C12H11N5O5/c1-6(18)22-8-10(20)14-12(15-11(8)21)17-16-9(19)7-2-4-13-5-3-7/h2-5,8H,1H3,(H,16,19)(H2,14,15,17,20,21). The van der Waals surface area contributed by atoms with Gasteiger partial charge in [-0.2, -0.15) is 0 Å². The predicted octanol–water partition coefficient (Wildman–Crippen LogP) is -1.74. The summed E-state index contributed by atoms with van der Waals surface area (Å²) in [6.45, 7) is 1.07. The Morgan fingerprint density at radius 2 is 1.82 bits per heavy atom. The number of ether oxygens (including phenoxy) is 1. The van der Waals surface area contributed by atoms with E-state index < -0.39 is 29.8 Å². The number of guanidine groups is 1. The second-order valence-corrected chi connectivity index (χ2v) is 4.11. The number of nitrogens with zero attached hydrogens (tertiary/aromatic N) is 2. The number of aromatic nitrogens is 1. The maximum absolute atomic E-state index is 11.7. The lowest BCUT2D eigenvalue weighted by molar-refractivity contribution is -0.160. The Morgan fingerprint density at radius 1 is 1.23 bits per heavy atom. The molecule has 0 bridgehead atoms. The van der Waals surface area contributed by atoms with E-state index in [9.17, 15) is 19.2 Å². The molecule has 0 saturated carbocycles. The molecule has 22 heavy (non-hydrogen) atoms. The van der Waals surface area contributed by atoms with Gasteiger partial charge in [0.25, 0.3) is 23.8 Å². The van der Waals surface area contributed by atoms with Crippen LogP contribution in [0.1, 0.15) is 17.3 Å². The van der Waals surface area contributed by atoms with Gasteiger partial charge in [-0.3, -0.25) is 34.8 Å². The van der Waals surface area contributed by atoms with Gasteiger partial charge in [-0.15, -0.1) is 5.10 Å². The van der Waals surface area contributed by atoms with Crippen LogP contribution in [0.15, 0.2) is 29.6 Å². The van der Waals surface area contributed by atoms with E-state index in [4.69, 9.17) is 0 Å². The van der Waals surface area contributed by atoms with Gasteiger partial charge in [0.2, 0.25) is 5.96 Å². The summed E-state index contributed by atoms with van der Waals surface area (Å²) in [5.74, 6) is -3.34. The highest BCUT2D eigenvalue weighted by Gasteiger charge is 2.36. The number of hydrogen-bond donors (Lipinski definition) is 3. The number of hydrazone groups is 1. The average Bonchev–Trinajstić information content (AvgIpc) is 2.49. The molecule has 10 heteroatoms. The minimum absolute atomic E-state index is 0.277. The largest absolute Gasteiger partial charge is 0.442 e. The summed E-state index contributed by atoms with van der Waals surface area (Å²) < 4.78 is 4.55. The monoisotopic (exact) mass is 305 g/mol. The van der Waals surface area contributed by atoms with Crippen molar-refractivity contribution in [1.82, 2.24) is 21.0 Å². The zero-order valence-corrected chi connectivity index (χ0v) is 11.3. The van der Waals surface area contributed by atoms with Gasteiger partial charge in [0.05, 0.1) is 0 Å². The first-order valence-corrected chi connectivity index (χ1v) is 6.04. The molecule has 0 atom stereocenters. The van der Waals surface area contributed by atoms with Crippen LogP contribution in [0.3, 0.4) is 0 Å². The Labute approximate surface area is 123 Å². The van der Waals surface area contributed by atoms with Crippen molar-refractivity contribution in [3.05, 3.63) is 30.1 Å². The van der Waals surface area contributed by atoms with E-state index in [1.165, 1.54) is 24.5 Å². The van der Waals surface area contributed by atoms with E-state index in [-0.39, 0.29) is 5.96 Å². The molecule has 0 unspecified atom stereocenters. The number of amides is 3. The molecular formula is C12H11N5O5. The molecule has 0 radical (unpaired) electrons. The van der Waals surface area contributed by atoms with Gasteiger partial charge in [0.1, 0.15) is 0 Å². The molecule has 2 heterocycles. The van der Waals surface area contributed by atoms with Crippen molar-refractivity contribution in [3.63, 3.8) is 0 Å². The molecule has 1 aromatic rings. The predicted molar refractivity (Wildman–Crippen MR) is 71.0 cm³/mol. The molecule has 3 amide bonds. The quantitative estimate of drug-likeness (QED) is 0.344. The molecule has 1 aliphatic rings. The van der Waals surface area contributed by atoms with Crippen molar-refractivity contribution in [3.8, 4) is 0 Å². The average molecular weight is 305 g/mol. The smallest absolute Gasteiger partial charge is 0.303 e. The third-order valence-electron chi connectivity index (χ3n) is 2.46. The summed E-state index contributed by atoms with van der Waals surface area (Å²) in [5, 5.41) is 7.93. The van der Waals surface area contributed by atoms with Crippen molar-refractivity contribution in [2.24, 2.45) is 5.10 Å². The maximum Gasteiger partial charge on any atom is 0.303 e. The highest BCUT2D eigenvalue weighted by molar-refractivity contribution is 6.20. The molecule has 1 aliphatic heterocycles. The fraction of sp³-hybridized carbons (Fsp3) is 0.167. The lowest BCUT2D eigenvalue weighted by atomic mass is 10.2. The van der Waals surface area contributed by atoms with Gasteiger partial charge in [0.15, 0.2) is 0 Å². The third kappa shape index (κ3) is 3.62. The van der Waals surface area contributed by atoms with E-state index in [2.05, 4.69) is 30.9 Å². The van der Waals surface area contributed by atoms with E-state index in [1.807, 2.05) is 0 Å². The van der Waals surface area contributed by atoms with Gasteiger partial charge >= 0.3 is 5.97 Å². The normalized spacial score (nSPS) is 17.1. The van der Waals surface area contributed by atoms with E-state index in [1.54, 1.807) is 0 Å². The highest BCUT2D eigenvalue weighted by atomic mass is 16.6. The molecule has 0 spiro atoms. The van der Waals surface area contributed by atoms with Crippen molar-refractivity contribution < 1.29 is 23.9 Å². The lowest BCUT2D eigenvalue weighted by Gasteiger charge is -2.22. The van der Waals surface area contributed by atoms with Crippen LogP contribution < -0.4 is 16.1 Å². The first-order chi connectivity index (χ1) is 10.5. The summed E-state index contributed by atoms with van der Waals surface area (Å²) in [6.07, 6.45) is 1.26. The van der Waals surface area contributed by atoms with Crippen LogP contribution in [-0.2, 0) is 19.1 Å². The Hall–Kier alpha value is -3.30. The van der Waals surface area contributed by atoms with E-state index >= 15 is 0 Å². The molecular weight excluding hydrogens is 294 g/mol. The maximum atomic E-state index is 11.7. The minimum atomic E-state index is -1.59. The van der Waals surface area contributed by atoms with Crippen LogP contribution in [0.5, 0.6) is 0 Å². The summed E-state index contributed by atoms with van der Waals surface area (Å²) in [5.41, 5.74) is 2.45. The first kappa shape index (κ1) is 15.1. The number of esters is 1. The van der Waals surface area contributed by atoms with Crippen molar-refractivity contribution in [1.29, 1.82) is 0 Å². The molecule has 114 valence electrons. The van der Waals surface area contributed by atoms with Gasteiger partial charge in [-0.25, -0.2) is 5.43 Å².